The van der Waals surface area contributed by atoms with Gasteiger partial charge in [0.15, 0.2) is 6.61 Å². The van der Waals surface area contributed by atoms with E-state index >= 15 is 0 Å². The largest absolute Gasteiger partial charge is 0.454 e. The van der Waals surface area contributed by atoms with E-state index in [1.165, 1.54) is 14.1 Å². The lowest BCUT2D eigenvalue weighted by atomic mass is 10.1. The van der Waals surface area contributed by atoms with Crippen LogP contribution in [0.4, 0.5) is 5.95 Å². The molecule has 0 unspecified atom stereocenters. The molecule has 0 N–H and O–H groups in total. The molecule has 2 aromatic carbocycles. The summed E-state index contributed by atoms with van der Waals surface area (Å²) in [5.74, 6) is -0.579. The Labute approximate surface area is 197 Å². The summed E-state index contributed by atoms with van der Waals surface area (Å²) in [7, 11) is -2.03. The first-order chi connectivity index (χ1) is 16.3. The minimum atomic E-state index is -3.68. The van der Waals surface area contributed by atoms with Crippen LogP contribution in [0.15, 0.2) is 65.8 Å². The Kier molecular flexibility index (Phi) is 7.03. The molecule has 0 bridgehead atoms. The van der Waals surface area contributed by atoms with Gasteiger partial charge >= 0.3 is 5.97 Å². The molecular formula is C23H25N5O5S. The highest BCUT2D eigenvalue weighted by Crippen LogP contribution is 2.23. The van der Waals surface area contributed by atoms with Crippen molar-refractivity contribution < 1.29 is 22.7 Å². The van der Waals surface area contributed by atoms with Crippen molar-refractivity contribution in [2.45, 2.75) is 4.90 Å². The number of benzene rings is 2. The predicted molar refractivity (Wildman–Crippen MR) is 126 cm³/mol. The fourth-order valence-electron chi connectivity index (χ4n) is 3.69. The van der Waals surface area contributed by atoms with Crippen LogP contribution in [0, 0.1) is 0 Å². The number of hydrogen-bond acceptors (Lipinski definition) is 8. The Bertz CT molecular complexity index is 1280. The van der Waals surface area contributed by atoms with Gasteiger partial charge in [-0.05, 0) is 29.0 Å². The summed E-state index contributed by atoms with van der Waals surface area (Å²) in [6, 6.07) is 14.3. The summed E-state index contributed by atoms with van der Waals surface area (Å²) in [4.78, 5) is 35.9. The lowest BCUT2D eigenvalue weighted by Gasteiger charge is -2.34. The molecule has 34 heavy (non-hydrogen) atoms. The molecular weight excluding hydrogens is 458 g/mol. The topological polar surface area (TPSA) is 113 Å². The van der Waals surface area contributed by atoms with Crippen LogP contribution in [0.1, 0.15) is 0 Å². The number of aromatic nitrogens is 2. The Hall–Kier alpha value is -3.57. The van der Waals surface area contributed by atoms with E-state index in [1.807, 2.05) is 24.3 Å². The van der Waals surface area contributed by atoms with Gasteiger partial charge in [0.05, 0.1) is 4.90 Å². The summed E-state index contributed by atoms with van der Waals surface area (Å²) in [5.41, 5.74) is 0. The van der Waals surface area contributed by atoms with Crippen LogP contribution in [-0.2, 0) is 24.3 Å². The maximum absolute atomic E-state index is 13.1. The SMILES string of the molecule is CN(CC(=O)OCC(=O)N1CCN(S(=O)(=O)c2ccc3ccccc3c2)CC1)c1ncccn1. The van der Waals surface area contributed by atoms with Crippen LogP contribution in [0.3, 0.4) is 0 Å². The molecule has 1 aliphatic rings. The van der Waals surface area contributed by atoms with Gasteiger partial charge in [-0.25, -0.2) is 18.4 Å². The first-order valence-electron chi connectivity index (χ1n) is 10.7. The smallest absolute Gasteiger partial charge is 0.326 e. The standard InChI is InChI=1S/C23H25N5O5S/c1-26(23-24-9-4-10-25-23)16-22(30)33-17-21(29)27-11-13-28(14-12-27)34(31,32)20-8-7-18-5-2-3-6-19(18)15-20/h2-10,15H,11-14,16-17H2,1H3. The molecule has 3 aromatic rings. The highest BCUT2D eigenvalue weighted by molar-refractivity contribution is 7.89. The van der Waals surface area contributed by atoms with E-state index in [4.69, 9.17) is 4.74 Å². The summed E-state index contributed by atoms with van der Waals surface area (Å²) in [6.45, 7) is 0.280. The van der Waals surface area contributed by atoms with Crippen molar-refractivity contribution in [3.05, 3.63) is 60.9 Å². The number of amides is 1. The zero-order valence-electron chi connectivity index (χ0n) is 18.7. The molecule has 10 nitrogen and oxygen atoms in total. The fraction of sp³-hybridized carbons (Fsp3) is 0.304. The van der Waals surface area contributed by atoms with Crippen LogP contribution >= 0.6 is 0 Å². The number of fused-ring (bicyclic) bond motifs is 1. The molecule has 0 spiro atoms. The van der Waals surface area contributed by atoms with Crippen molar-refractivity contribution in [2.75, 3.05) is 51.3 Å². The molecule has 11 heteroatoms. The molecule has 1 aliphatic heterocycles. The van der Waals surface area contributed by atoms with E-state index in [0.29, 0.717) is 5.95 Å². The lowest BCUT2D eigenvalue weighted by molar-refractivity contribution is -0.151. The van der Waals surface area contributed by atoms with Crippen LogP contribution < -0.4 is 4.90 Å². The molecule has 1 amide bonds. The van der Waals surface area contributed by atoms with Crippen LogP contribution in [0.25, 0.3) is 10.8 Å². The predicted octanol–water partition coefficient (Wildman–Crippen LogP) is 1.14. The molecule has 178 valence electrons. The van der Waals surface area contributed by atoms with Crippen molar-refractivity contribution in [3.63, 3.8) is 0 Å². The third-order valence-corrected chi connectivity index (χ3v) is 7.46. The van der Waals surface area contributed by atoms with Crippen LogP contribution in [0.5, 0.6) is 0 Å². The van der Waals surface area contributed by atoms with Gasteiger partial charge in [-0.3, -0.25) is 9.59 Å². The van der Waals surface area contributed by atoms with Gasteiger partial charge in [-0.15, -0.1) is 0 Å². The number of likely N-dealkylation sites (N-methyl/N-ethyl adjacent to an activating group) is 1. The number of hydrogen-bond donors (Lipinski definition) is 0. The monoisotopic (exact) mass is 483 g/mol. The summed E-state index contributed by atoms with van der Waals surface area (Å²) in [5, 5.41) is 1.82. The van der Waals surface area contributed by atoms with Crippen molar-refractivity contribution in [2.24, 2.45) is 0 Å². The molecule has 0 atom stereocenters. The molecule has 0 radical (unpaired) electrons. The number of anilines is 1. The number of nitrogens with zero attached hydrogens (tertiary/aromatic N) is 5. The second-order valence-corrected chi connectivity index (χ2v) is 9.80. The highest BCUT2D eigenvalue weighted by atomic mass is 32.2. The summed E-state index contributed by atoms with van der Waals surface area (Å²) in [6.07, 6.45) is 3.13. The second-order valence-electron chi connectivity index (χ2n) is 7.86. The number of carbonyl (C=O) groups is 2. The molecule has 1 saturated heterocycles. The van der Waals surface area contributed by atoms with Crippen molar-refractivity contribution in [3.8, 4) is 0 Å². The molecule has 1 fully saturated rings. The third-order valence-electron chi connectivity index (χ3n) is 5.57. The number of esters is 1. The van der Waals surface area contributed by atoms with Gasteiger partial charge < -0.3 is 14.5 Å². The third kappa shape index (κ3) is 5.32. The van der Waals surface area contributed by atoms with Crippen molar-refractivity contribution in [1.29, 1.82) is 0 Å². The highest BCUT2D eigenvalue weighted by Gasteiger charge is 2.30. The first kappa shape index (κ1) is 23.6. The van der Waals surface area contributed by atoms with E-state index < -0.39 is 22.6 Å². The number of carbonyl (C=O) groups excluding carboxylic acids is 2. The van der Waals surface area contributed by atoms with Crippen molar-refractivity contribution >= 4 is 38.6 Å². The van der Waals surface area contributed by atoms with E-state index in [9.17, 15) is 18.0 Å². The van der Waals surface area contributed by atoms with Crippen molar-refractivity contribution in [1.82, 2.24) is 19.2 Å². The van der Waals surface area contributed by atoms with Gasteiger partial charge in [-0.1, -0.05) is 30.3 Å². The van der Waals surface area contributed by atoms with E-state index in [2.05, 4.69) is 9.97 Å². The van der Waals surface area contributed by atoms with Gasteiger partial charge in [-0.2, -0.15) is 4.31 Å². The van der Waals surface area contributed by atoms with Gasteiger partial charge in [0.25, 0.3) is 5.91 Å². The lowest BCUT2D eigenvalue weighted by Crippen LogP contribution is -2.51. The average Bonchev–Trinajstić information content (AvgIpc) is 2.87. The number of rotatable bonds is 7. The Morgan fingerprint density at radius 3 is 2.35 bits per heavy atom. The molecule has 4 rings (SSSR count). The zero-order valence-corrected chi connectivity index (χ0v) is 19.5. The van der Waals surface area contributed by atoms with E-state index in [0.717, 1.165) is 10.8 Å². The molecule has 0 saturated carbocycles. The normalized spacial score (nSPS) is 14.7. The van der Waals surface area contributed by atoms with E-state index in [1.54, 1.807) is 43.7 Å². The minimum Gasteiger partial charge on any atom is -0.454 e. The Morgan fingerprint density at radius 2 is 1.65 bits per heavy atom. The van der Waals surface area contributed by atoms with Gasteiger partial charge in [0.2, 0.25) is 16.0 Å². The van der Waals surface area contributed by atoms with Crippen LogP contribution in [0.2, 0.25) is 0 Å². The maximum Gasteiger partial charge on any atom is 0.326 e. The quantitative estimate of drug-likeness (QED) is 0.460. The maximum atomic E-state index is 13.1. The average molecular weight is 484 g/mol. The zero-order chi connectivity index (χ0) is 24.1. The number of ether oxygens (including phenoxy) is 1. The Balaban J connectivity index is 1.28. The first-order valence-corrected chi connectivity index (χ1v) is 12.2. The molecule has 2 heterocycles. The van der Waals surface area contributed by atoms with Crippen LogP contribution in [-0.4, -0.2) is 85.8 Å². The van der Waals surface area contributed by atoms with E-state index in [-0.39, 0.29) is 43.5 Å². The Morgan fingerprint density at radius 1 is 0.971 bits per heavy atom. The molecule has 0 aliphatic carbocycles. The fourth-order valence-corrected chi connectivity index (χ4v) is 5.14. The summed E-state index contributed by atoms with van der Waals surface area (Å²) < 4.78 is 32.6. The number of piperazine rings is 1. The van der Waals surface area contributed by atoms with Gasteiger partial charge in [0, 0.05) is 45.6 Å². The minimum absolute atomic E-state index is 0.102. The van der Waals surface area contributed by atoms with Gasteiger partial charge in [0.1, 0.15) is 6.54 Å². The second kappa shape index (κ2) is 10.1. The summed E-state index contributed by atoms with van der Waals surface area (Å²) >= 11 is 0. The number of sulfonamides is 1. The molecule has 1 aromatic heterocycles.